The molecule has 1 amide bonds. The molecule has 3 aromatic heterocycles. The fraction of sp³-hybridized carbons (Fsp3) is 0.370. The lowest BCUT2D eigenvalue weighted by Crippen LogP contribution is -2.39. The summed E-state index contributed by atoms with van der Waals surface area (Å²) in [6.07, 6.45) is 1.50. The number of hydrogen-bond donors (Lipinski definition) is 1. The van der Waals surface area contributed by atoms with Gasteiger partial charge in [-0.15, -0.1) is 0 Å². The van der Waals surface area contributed by atoms with Gasteiger partial charge in [0.25, 0.3) is 0 Å². The molecule has 1 saturated heterocycles. The highest BCUT2D eigenvalue weighted by atomic mass is 16.2. The van der Waals surface area contributed by atoms with Gasteiger partial charge in [-0.1, -0.05) is 18.2 Å². The molecule has 0 aliphatic carbocycles. The number of amides is 1. The predicted molar refractivity (Wildman–Crippen MR) is 138 cm³/mol. The van der Waals surface area contributed by atoms with Crippen molar-refractivity contribution < 1.29 is 4.79 Å². The molecule has 4 heterocycles. The van der Waals surface area contributed by atoms with E-state index >= 15 is 0 Å². The molecular formula is C27H31N7O. The average molecular weight is 470 g/mol. The molecule has 1 aromatic carbocycles. The van der Waals surface area contributed by atoms with Crippen molar-refractivity contribution in [1.82, 2.24) is 24.7 Å². The number of piperidine rings is 1. The van der Waals surface area contributed by atoms with Gasteiger partial charge in [0.1, 0.15) is 5.82 Å². The van der Waals surface area contributed by atoms with Gasteiger partial charge in [-0.05, 0) is 70.7 Å². The zero-order chi connectivity index (χ0) is 24.7. The van der Waals surface area contributed by atoms with Gasteiger partial charge in [-0.25, -0.2) is 15.0 Å². The van der Waals surface area contributed by atoms with Crippen LogP contribution in [0.15, 0.2) is 36.4 Å². The van der Waals surface area contributed by atoms with E-state index in [1.54, 1.807) is 4.68 Å². The standard InChI is InChI=1S/C27H31N7O/c1-16-7-6-8-22-17(2)13-23(30-25(16)22)34-24(15-20(5)32-34)31-26(35)21-9-11-33(12-10-21)27-28-18(3)14-19(4)29-27/h6-8,13-15,21H,9-12H2,1-5H3,(H,31,35). The highest BCUT2D eigenvalue weighted by Gasteiger charge is 2.27. The van der Waals surface area contributed by atoms with Gasteiger partial charge >= 0.3 is 0 Å². The summed E-state index contributed by atoms with van der Waals surface area (Å²) in [5.74, 6) is 2.04. The lowest BCUT2D eigenvalue weighted by Gasteiger charge is -2.31. The van der Waals surface area contributed by atoms with Crippen LogP contribution in [0.2, 0.25) is 0 Å². The molecule has 180 valence electrons. The summed E-state index contributed by atoms with van der Waals surface area (Å²) in [5, 5.41) is 8.89. The highest BCUT2D eigenvalue weighted by Crippen LogP contribution is 2.26. The van der Waals surface area contributed by atoms with Crippen molar-refractivity contribution in [2.75, 3.05) is 23.3 Å². The van der Waals surface area contributed by atoms with Crippen LogP contribution >= 0.6 is 0 Å². The Hall–Kier alpha value is -3.81. The second-order valence-corrected chi connectivity index (χ2v) is 9.55. The Kier molecular flexibility index (Phi) is 5.96. The summed E-state index contributed by atoms with van der Waals surface area (Å²) in [4.78, 5) is 29.4. The summed E-state index contributed by atoms with van der Waals surface area (Å²) in [6.45, 7) is 11.5. The quantitative estimate of drug-likeness (QED) is 0.470. The fourth-order valence-corrected chi connectivity index (χ4v) is 4.83. The Bertz CT molecular complexity index is 1400. The third-order valence-electron chi connectivity index (χ3n) is 6.65. The summed E-state index contributed by atoms with van der Waals surface area (Å²) in [7, 11) is 0. The molecule has 0 atom stereocenters. The number of nitrogens with zero attached hydrogens (tertiary/aromatic N) is 6. The number of aryl methyl sites for hydroxylation is 5. The van der Waals surface area contributed by atoms with Gasteiger partial charge in [0, 0.05) is 41.8 Å². The van der Waals surface area contributed by atoms with Gasteiger partial charge < -0.3 is 10.2 Å². The van der Waals surface area contributed by atoms with E-state index in [1.165, 1.54) is 0 Å². The van der Waals surface area contributed by atoms with Crippen molar-refractivity contribution in [2.45, 2.75) is 47.5 Å². The SMILES string of the molecule is Cc1cc(C)nc(N2CCC(C(=O)Nc3cc(C)nn3-c3cc(C)c4cccc(C)c4n3)CC2)n1. The molecule has 0 spiro atoms. The van der Waals surface area contributed by atoms with Crippen LogP contribution in [0.25, 0.3) is 16.7 Å². The summed E-state index contributed by atoms with van der Waals surface area (Å²) in [5.41, 5.74) is 5.94. The second-order valence-electron chi connectivity index (χ2n) is 9.55. The molecule has 5 rings (SSSR count). The molecule has 4 aromatic rings. The number of para-hydroxylation sites is 1. The number of carbonyl (C=O) groups excluding carboxylic acids is 1. The minimum Gasteiger partial charge on any atom is -0.341 e. The molecular weight excluding hydrogens is 438 g/mol. The first kappa shape index (κ1) is 23.0. The van der Waals surface area contributed by atoms with Crippen molar-refractivity contribution in [2.24, 2.45) is 5.92 Å². The van der Waals surface area contributed by atoms with Crippen molar-refractivity contribution in [3.8, 4) is 5.82 Å². The molecule has 1 aliphatic rings. The summed E-state index contributed by atoms with van der Waals surface area (Å²) >= 11 is 0. The van der Waals surface area contributed by atoms with Gasteiger partial charge in [0.2, 0.25) is 11.9 Å². The Morgan fingerprint density at radius 3 is 2.31 bits per heavy atom. The molecule has 8 nitrogen and oxygen atoms in total. The number of fused-ring (bicyclic) bond motifs is 1. The molecule has 1 N–H and O–H groups in total. The average Bonchev–Trinajstić information content (AvgIpc) is 3.19. The van der Waals surface area contributed by atoms with Crippen LogP contribution in [-0.2, 0) is 4.79 Å². The van der Waals surface area contributed by atoms with E-state index in [4.69, 9.17) is 4.98 Å². The van der Waals surface area contributed by atoms with Crippen LogP contribution in [0.5, 0.6) is 0 Å². The van der Waals surface area contributed by atoms with Crippen LogP contribution in [0, 0.1) is 40.5 Å². The third kappa shape index (κ3) is 4.60. The zero-order valence-electron chi connectivity index (χ0n) is 21.0. The second kappa shape index (κ2) is 9.09. The first-order valence-electron chi connectivity index (χ1n) is 12.1. The van der Waals surface area contributed by atoms with E-state index < -0.39 is 0 Å². The van der Waals surface area contributed by atoms with E-state index in [0.717, 1.165) is 71.0 Å². The van der Waals surface area contributed by atoms with Crippen LogP contribution < -0.4 is 10.2 Å². The Labute approximate surface area is 205 Å². The number of benzene rings is 1. The molecule has 1 fully saturated rings. The fourth-order valence-electron chi connectivity index (χ4n) is 4.83. The Morgan fingerprint density at radius 1 is 0.886 bits per heavy atom. The third-order valence-corrected chi connectivity index (χ3v) is 6.65. The predicted octanol–water partition coefficient (Wildman–Crippen LogP) is 4.61. The minimum atomic E-state index is -0.0747. The maximum absolute atomic E-state index is 13.2. The maximum Gasteiger partial charge on any atom is 0.228 e. The normalized spacial score (nSPS) is 14.5. The van der Waals surface area contributed by atoms with E-state index in [2.05, 4.69) is 51.3 Å². The topological polar surface area (TPSA) is 88.8 Å². The van der Waals surface area contributed by atoms with Crippen molar-refractivity contribution in [3.05, 3.63) is 64.6 Å². The number of rotatable bonds is 4. The number of pyridine rings is 1. The van der Waals surface area contributed by atoms with Crippen LogP contribution in [-0.4, -0.2) is 43.7 Å². The zero-order valence-corrected chi connectivity index (χ0v) is 21.0. The van der Waals surface area contributed by atoms with E-state index in [1.807, 2.05) is 45.0 Å². The molecule has 0 saturated carbocycles. The van der Waals surface area contributed by atoms with Gasteiger partial charge in [0.15, 0.2) is 5.82 Å². The highest BCUT2D eigenvalue weighted by molar-refractivity contribution is 5.92. The Balaban J connectivity index is 1.34. The van der Waals surface area contributed by atoms with E-state index in [0.29, 0.717) is 11.6 Å². The van der Waals surface area contributed by atoms with Crippen molar-refractivity contribution in [1.29, 1.82) is 0 Å². The van der Waals surface area contributed by atoms with Crippen LogP contribution in [0.4, 0.5) is 11.8 Å². The largest absolute Gasteiger partial charge is 0.341 e. The van der Waals surface area contributed by atoms with Crippen LogP contribution in [0.3, 0.4) is 0 Å². The molecule has 0 unspecified atom stereocenters. The van der Waals surface area contributed by atoms with Crippen LogP contribution in [0.1, 0.15) is 41.1 Å². The first-order chi connectivity index (χ1) is 16.8. The molecule has 0 bridgehead atoms. The number of anilines is 2. The summed E-state index contributed by atoms with van der Waals surface area (Å²) in [6, 6.07) is 12.1. The van der Waals surface area contributed by atoms with Crippen molar-refractivity contribution in [3.63, 3.8) is 0 Å². The molecule has 0 radical (unpaired) electrons. The summed E-state index contributed by atoms with van der Waals surface area (Å²) < 4.78 is 1.74. The smallest absolute Gasteiger partial charge is 0.228 e. The minimum absolute atomic E-state index is 0.0147. The molecule has 1 aliphatic heterocycles. The lowest BCUT2D eigenvalue weighted by molar-refractivity contribution is -0.120. The van der Waals surface area contributed by atoms with E-state index in [9.17, 15) is 4.79 Å². The van der Waals surface area contributed by atoms with Crippen molar-refractivity contribution >= 4 is 28.6 Å². The molecule has 8 heteroatoms. The number of aromatic nitrogens is 5. The number of carbonyl (C=O) groups is 1. The lowest BCUT2D eigenvalue weighted by atomic mass is 9.96. The number of nitrogens with one attached hydrogen (secondary N) is 1. The monoisotopic (exact) mass is 469 g/mol. The van der Waals surface area contributed by atoms with Gasteiger partial charge in [-0.2, -0.15) is 9.78 Å². The first-order valence-corrected chi connectivity index (χ1v) is 12.1. The number of hydrogen-bond acceptors (Lipinski definition) is 6. The molecule has 35 heavy (non-hydrogen) atoms. The van der Waals surface area contributed by atoms with Gasteiger partial charge in [-0.3, -0.25) is 4.79 Å². The van der Waals surface area contributed by atoms with E-state index in [-0.39, 0.29) is 11.8 Å². The Morgan fingerprint density at radius 2 is 1.60 bits per heavy atom. The van der Waals surface area contributed by atoms with Gasteiger partial charge in [0.05, 0.1) is 11.2 Å². The maximum atomic E-state index is 13.2.